The number of amides is 2. The molecule has 126 valence electrons. The fourth-order valence-electron chi connectivity index (χ4n) is 1.98. The third kappa shape index (κ3) is 6.95. The second-order valence-electron chi connectivity index (χ2n) is 5.03. The second-order valence-corrected chi connectivity index (χ2v) is 5.03. The van der Waals surface area contributed by atoms with Crippen LogP contribution in [0.2, 0.25) is 0 Å². The smallest absolute Gasteiger partial charge is 0.329 e. The van der Waals surface area contributed by atoms with Crippen molar-refractivity contribution in [3.05, 3.63) is 24.3 Å². The molecule has 0 aromatic heterocycles. The molecule has 6 heteroatoms. The summed E-state index contributed by atoms with van der Waals surface area (Å²) in [6.07, 6.45) is 3.53. The summed E-state index contributed by atoms with van der Waals surface area (Å²) in [5.41, 5.74) is 3.74. The van der Waals surface area contributed by atoms with Crippen LogP contribution in [0.25, 0.3) is 0 Å². The van der Waals surface area contributed by atoms with Crippen molar-refractivity contribution in [2.75, 3.05) is 11.9 Å². The van der Waals surface area contributed by atoms with Gasteiger partial charge < -0.3 is 10.1 Å². The minimum atomic E-state index is -0.774. The monoisotopic (exact) mass is 319 g/mol. The predicted molar refractivity (Wildman–Crippen MR) is 91.6 cm³/mol. The molecule has 0 fully saturated rings. The Kier molecular flexibility index (Phi) is 8.42. The molecule has 0 aliphatic carbocycles. The number of nitrogens with one attached hydrogen (secondary N) is 2. The van der Waals surface area contributed by atoms with E-state index in [0.29, 0.717) is 18.0 Å². The van der Waals surface area contributed by atoms with Crippen molar-refractivity contribution in [2.24, 2.45) is 5.10 Å². The molecule has 23 heavy (non-hydrogen) atoms. The quantitative estimate of drug-likeness (QED) is 0.439. The normalized spacial score (nSPS) is 9.87. The highest BCUT2D eigenvalue weighted by Crippen LogP contribution is 2.15. The second kappa shape index (κ2) is 10.4. The van der Waals surface area contributed by atoms with Gasteiger partial charge in [0.15, 0.2) is 0 Å². The molecule has 0 heterocycles. The van der Waals surface area contributed by atoms with Crippen LogP contribution in [0.15, 0.2) is 29.4 Å². The first-order valence-corrected chi connectivity index (χ1v) is 8.00. The zero-order valence-corrected chi connectivity index (χ0v) is 14.0. The average Bonchev–Trinajstić information content (AvgIpc) is 2.54. The molecule has 0 saturated heterocycles. The largest absolute Gasteiger partial charge is 0.494 e. The number of benzene rings is 1. The van der Waals surface area contributed by atoms with Gasteiger partial charge in [0.25, 0.3) is 0 Å². The van der Waals surface area contributed by atoms with Crippen LogP contribution in [0.4, 0.5) is 5.69 Å². The molecular weight excluding hydrogens is 294 g/mol. The summed E-state index contributed by atoms with van der Waals surface area (Å²) in [5, 5.41) is 6.56. The third-order valence-electron chi connectivity index (χ3n) is 3.02. The summed E-state index contributed by atoms with van der Waals surface area (Å²) in [6.45, 7) is 6.56. The van der Waals surface area contributed by atoms with Crippen LogP contribution in [-0.2, 0) is 9.59 Å². The van der Waals surface area contributed by atoms with Gasteiger partial charge in [0, 0.05) is 11.4 Å². The molecular formula is C17H25N3O3. The van der Waals surface area contributed by atoms with Crippen molar-refractivity contribution in [3.63, 3.8) is 0 Å². The molecule has 2 N–H and O–H groups in total. The summed E-state index contributed by atoms with van der Waals surface area (Å²) < 4.78 is 5.31. The number of carbonyl (C=O) groups is 2. The van der Waals surface area contributed by atoms with Crippen LogP contribution in [0.1, 0.15) is 46.5 Å². The van der Waals surface area contributed by atoms with Crippen LogP contribution in [0.3, 0.4) is 0 Å². The van der Waals surface area contributed by atoms with E-state index in [9.17, 15) is 9.59 Å². The number of anilines is 1. The van der Waals surface area contributed by atoms with Crippen LogP contribution in [0.5, 0.6) is 5.75 Å². The third-order valence-corrected chi connectivity index (χ3v) is 3.02. The van der Waals surface area contributed by atoms with E-state index >= 15 is 0 Å². The average molecular weight is 319 g/mol. The summed E-state index contributed by atoms with van der Waals surface area (Å²) in [5.74, 6) is -0.808. The van der Waals surface area contributed by atoms with Gasteiger partial charge in [-0.05, 0) is 44.0 Å². The van der Waals surface area contributed by atoms with E-state index in [4.69, 9.17) is 4.74 Å². The fraction of sp³-hybridized carbons (Fsp3) is 0.471. The molecule has 0 spiro atoms. The van der Waals surface area contributed by atoms with Crippen molar-refractivity contribution in [1.29, 1.82) is 0 Å². The number of nitrogens with zero attached hydrogens (tertiary/aromatic N) is 1. The van der Waals surface area contributed by atoms with Crippen molar-refractivity contribution in [1.82, 2.24) is 5.43 Å². The summed E-state index contributed by atoms with van der Waals surface area (Å²) in [6, 6.07) is 6.82. The van der Waals surface area contributed by atoms with Crippen molar-refractivity contribution in [3.8, 4) is 5.75 Å². The SMILES string of the molecule is CCCC(CCC)=NNC(=O)C(=O)Nc1ccc(OCC)cc1. The molecule has 0 radical (unpaired) electrons. The number of ether oxygens (including phenoxy) is 1. The standard InChI is InChI=1S/C17H25N3O3/c1-4-7-14(8-5-2)19-20-17(22)16(21)18-13-9-11-15(12-10-13)23-6-3/h9-12H,4-8H2,1-3H3,(H,18,21)(H,20,22). The van der Waals surface area contributed by atoms with Crippen LogP contribution >= 0.6 is 0 Å². The van der Waals surface area contributed by atoms with Crippen molar-refractivity contribution >= 4 is 23.2 Å². The lowest BCUT2D eigenvalue weighted by atomic mass is 10.1. The number of hydrazone groups is 1. The first kappa shape index (κ1) is 18.7. The molecule has 1 aromatic carbocycles. The van der Waals surface area contributed by atoms with Crippen LogP contribution < -0.4 is 15.5 Å². The minimum Gasteiger partial charge on any atom is -0.494 e. The Labute approximate surface area is 137 Å². The number of rotatable bonds is 8. The lowest BCUT2D eigenvalue weighted by Crippen LogP contribution is -2.33. The highest BCUT2D eigenvalue weighted by atomic mass is 16.5. The zero-order chi connectivity index (χ0) is 17.1. The highest BCUT2D eigenvalue weighted by molar-refractivity contribution is 6.39. The molecule has 1 aromatic rings. The first-order chi connectivity index (χ1) is 11.1. The topological polar surface area (TPSA) is 79.8 Å². The molecule has 0 aliphatic heterocycles. The van der Waals surface area contributed by atoms with Gasteiger partial charge in [-0.15, -0.1) is 0 Å². The van der Waals surface area contributed by atoms with Gasteiger partial charge in [-0.1, -0.05) is 26.7 Å². The van der Waals surface area contributed by atoms with E-state index < -0.39 is 11.8 Å². The Balaban J connectivity index is 2.55. The highest BCUT2D eigenvalue weighted by Gasteiger charge is 2.13. The van der Waals surface area contributed by atoms with E-state index in [1.165, 1.54) is 0 Å². The maximum absolute atomic E-state index is 11.8. The van der Waals surface area contributed by atoms with E-state index in [-0.39, 0.29) is 0 Å². The molecule has 6 nitrogen and oxygen atoms in total. The maximum atomic E-state index is 11.8. The van der Waals surface area contributed by atoms with Gasteiger partial charge in [-0.3, -0.25) is 9.59 Å². The molecule has 0 saturated carbocycles. The van der Waals surface area contributed by atoms with E-state index in [1.807, 2.05) is 20.8 Å². The Morgan fingerprint density at radius 2 is 1.61 bits per heavy atom. The van der Waals surface area contributed by atoms with Crippen LogP contribution in [0, 0.1) is 0 Å². The van der Waals surface area contributed by atoms with Gasteiger partial charge in [0.05, 0.1) is 6.61 Å². The van der Waals surface area contributed by atoms with Crippen molar-refractivity contribution < 1.29 is 14.3 Å². The summed E-state index contributed by atoms with van der Waals surface area (Å²) in [4.78, 5) is 23.6. The van der Waals surface area contributed by atoms with Crippen LogP contribution in [-0.4, -0.2) is 24.1 Å². The molecule has 0 bridgehead atoms. The number of carbonyl (C=O) groups excluding carboxylic acids is 2. The Hall–Kier alpha value is -2.37. The fourth-order valence-corrected chi connectivity index (χ4v) is 1.98. The van der Waals surface area contributed by atoms with E-state index in [0.717, 1.165) is 31.4 Å². The Morgan fingerprint density at radius 3 is 2.13 bits per heavy atom. The molecule has 0 atom stereocenters. The van der Waals surface area contributed by atoms with Gasteiger partial charge in [-0.2, -0.15) is 5.10 Å². The van der Waals surface area contributed by atoms with E-state index in [1.54, 1.807) is 24.3 Å². The Bertz CT molecular complexity index is 531. The molecule has 0 unspecified atom stereocenters. The molecule has 0 aliphatic rings. The minimum absolute atomic E-state index is 0.528. The lowest BCUT2D eigenvalue weighted by Gasteiger charge is -2.07. The first-order valence-electron chi connectivity index (χ1n) is 8.00. The summed E-state index contributed by atoms with van der Waals surface area (Å²) in [7, 11) is 0. The van der Waals surface area contributed by atoms with E-state index in [2.05, 4.69) is 15.8 Å². The summed E-state index contributed by atoms with van der Waals surface area (Å²) >= 11 is 0. The predicted octanol–water partition coefficient (Wildman–Crippen LogP) is 3.10. The van der Waals surface area contributed by atoms with Gasteiger partial charge >= 0.3 is 11.8 Å². The number of hydrogen-bond donors (Lipinski definition) is 2. The molecule has 2 amide bonds. The van der Waals surface area contributed by atoms with Crippen molar-refractivity contribution in [2.45, 2.75) is 46.5 Å². The Morgan fingerprint density at radius 1 is 1.00 bits per heavy atom. The zero-order valence-electron chi connectivity index (χ0n) is 14.0. The van der Waals surface area contributed by atoms with Gasteiger partial charge in [0.1, 0.15) is 5.75 Å². The van der Waals surface area contributed by atoms with Gasteiger partial charge in [0.2, 0.25) is 0 Å². The number of hydrogen-bond acceptors (Lipinski definition) is 4. The molecule has 1 rings (SSSR count). The maximum Gasteiger partial charge on any atom is 0.329 e. The lowest BCUT2D eigenvalue weighted by molar-refractivity contribution is -0.136. The van der Waals surface area contributed by atoms with Gasteiger partial charge in [-0.25, -0.2) is 5.43 Å².